The average molecular weight is 365 g/mol. The second-order valence-corrected chi connectivity index (χ2v) is 7.00. The molecule has 1 aromatic carbocycles. The average Bonchev–Trinajstić information content (AvgIpc) is 2.61. The number of hydrogen-bond acceptors (Lipinski definition) is 3. The first-order chi connectivity index (χ1) is 12.4. The van der Waals surface area contributed by atoms with Gasteiger partial charge in [-0.25, -0.2) is 4.39 Å². The lowest BCUT2D eigenvalue weighted by Crippen LogP contribution is -2.67. The summed E-state index contributed by atoms with van der Waals surface area (Å²) in [4.78, 5) is 8.35. The molecule has 0 spiro atoms. The second-order valence-electron chi connectivity index (χ2n) is 7.00. The largest absolute Gasteiger partial charge is 0.416 e. The van der Waals surface area contributed by atoms with Crippen molar-refractivity contribution in [3.63, 3.8) is 0 Å². The van der Waals surface area contributed by atoms with E-state index in [9.17, 15) is 17.6 Å². The highest BCUT2D eigenvalue weighted by Crippen LogP contribution is 2.37. The number of piperidine rings is 1. The van der Waals surface area contributed by atoms with Gasteiger partial charge in [0.1, 0.15) is 5.82 Å². The predicted octanol–water partition coefficient (Wildman–Crippen LogP) is 3.70. The summed E-state index contributed by atoms with van der Waals surface area (Å²) < 4.78 is 53.3. The van der Waals surface area contributed by atoms with Crippen molar-refractivity contribution in [1.29, 1.82) is 0 Å². The van der Waals surface area contributed by atoms with Gasteiger partial charge in [-0.05, 0) is 30.2 Å². The van der Waals surface area contributed by atoms with Gasteiger partial charge in [-0.15, -0.1) is 0 Å². The van der Waals surface area contributed by atoms with Crippen molar-refractivity contribution in [3.05, 3.63) is 65.2 Å². The lowest BCUT2D eigenvalue weighted by molar-refractivity contribution is -0.139. The topological polar surface area (TPSA) is 19.4 Å². The van der Waals surface area contributed by atoms with Crippen LogP contribution in [0, 0.1) is 5.82 Å². The van der Waals surface area contributed by atoms with Gasteiger partial charge in [0.25, 0.3) is 0 Å². The van der Waals surface area contributed by atoms with Crippen LogP contribution in [0.2, 0.25) is 0 Å². The van der Waals surface area contributed by atoms with Crippen molar-refractivity contribution in [2.24, 2.45) is 0 Å². The quantitative estimate of drug-likeness (QED) is 0.771. The van der Waals surface area contributed by atoms with Crippen molar-refractivity contribution < 1.29 is 17.6 Å². The molecule has 3 fully saturated rings. The molecule has 3 aliphatic rings. The standard InChI is InChI=1S/C19H19F4N3/c20-17-6-3-7-24-18(17)12-25-10-14-8-15(11-25)26(14)9-13-4-1-2-5-16(13)19(21,22)23/h1-7,14-15H,8-12H2. The Balaban J connectivity index is 1.42. The molecule has 0 radical (unpaired) electrons. The highest BCUT2D eigenvalue weighted by molar-refractivity contribution is 5.30. The van der Waals surface area contributed by atoms with E-state index in [1.54, 1.807) is 24.4 Å². The molecule has 0 saturated carbocycles. The Morgan fingerprint density at radius 1 is 1.00 bits per heavy atom. The van der Waals surface area contributed by atoms with Crippen molar-refractivity contribution >= 4 is 0 Å². The zero-order valence-electron chi connectivity index (χ0n) is 14.1. The van der Waals surface area contributed by atoms with Crippen molar-refractivity contribution in [3.8, 4) is 0 Å². The molecule has 2 unspecified atom stereocenters. The van der Waals surface area contributed by atoms with E-state index in [-0.39, 0.29) is 17.9 Å². The maximum absolute atomic E-state index is 13.8. The molecule has 138 valence electrons. The molecule has 1 aromatic heterocycles. The number of aromatic nitrogens is 1. The van der Waals surface area contributed by atoms with Crippen LogP contribution in [0.15, 0.2) is 42.6 Å². The number of benzene rings is 1. The fraction of sp³-hybridized carbons (Fsp3) is 0.421. The molecule has 3 nitrogen and oxygen atoms in total. The highest BCUT2D eigenvalue weighted by atomic mass is 19.4. The van der Waals surface area contributed by atoms with E-state index in [1.807, 2.05) is 0 Å². The number of hydrogen-bond donors (Lipinski definition) is 0. The first-order valence-corrected chi connectivity index (χ1v) is 8.64. The molecule has 0 N–H and O–H groups in total. The predicted molar refractivity (Wildman–Crippen MR) is 88.7 cm³/mol. The Labute approximate surface area is 149 Å². The van der Waals surface area contributed by atoms with E-state index in [0.717, 1.165) is 25.6 Å². The van der Waals surface area contributed by atoms with Crippen LogP contribution in [-0.4, -0.2) is 40.0 Å². The Morgan fingerprint density at radius 2 is 1.73 bits per heavy atom. The van der Waals surface area contributed by atoms with E-state index in [0.29, 0.717) is 24.3 Å². The maximum atomic E-state index is 13.8. The normalized spacial score (nSPS) is 23.7. The van der Waals surface area contributed by atoms with Gasteiger partial charge in [0.15, 0.2) is 0 Å². The number of alkyl halides is 3. The van der Waals surface area contributed by atoms with E-state index in [4.69, 9.17) is 0 Å². The minimum atomic E-state index is -4.33. The van der Waals surface area contributed by atoms with Crippen LogP contribution in [0.25, 0.3) is 0 Å². The Bertz CT molecular complexity index is 780. The molecule has 2 aromatic rings. The summed E-state index contributed by atoms with van der Waals surface area (Å²) >= 11 is 0. The molecular formula is C19H19F4N3. The minimum Gasteiger partial charge on any atom is -0.294 e. The number of fused-ring (bicyclic) bond motifs is 2. The van der Waals surface area contributed by atoms with Crippen LogP contribution in [-0.2, 0) is 19.3 Å². The van der Waals surface area contributed by atoms with E-state index in [2.05, 4.69) is 14.8 Å². The Morgan fingerprint density at radius 3 is 2.42 bits per heavy atom. The SMILES string of the molecule is Fc1cccnc1CN1CC2CC(C1)N2Cc1ccccc1C(F)(F)F. The van der Waals surface area contributed by atoms with Crippen LogP contribution >= 0.6 is 0 Å². The number of nitrogens with zero attached hydrogens (tertiary/aromatic N) is 3. The third-order valence-corrected chi connectivity index (χ3v) is 5.30. The smallest absolute Gasteiger partial charge is 0.294 e. The molecule has 4 heterocycles. The summed E-state index contributed by atoms with van der Waals surface area (Å²) in [6, 6.07) is 9.14. The number of pyridine rings is 1. The highest BCUT2D eigenvalue weighted by Gasteiger charge is 2.45. The van der Waals surface area contributed by atoms with E-state index >= 15 is 0 Å². The molecule has 5 rings (SSSR count). The zero-order chi connectivity index (χ0) is 18.3. The monoisotopic (exact) mass is 365 g/mol. The summed E-state index contributed by atoms with van der Waals surface area (Å²) in [5.74, 6) is -0.317. The first kappa shape index (κ1) is 17.4. The van der Waals surface area contributed by atoms with Crippen LogP contribution in [0.5, 0.6) is 0 Å². The van der Waals surface area contributed by atoms with Gasteiger partial charge < -0.3 is 0 Å². The first-order valence-electron chi connectivity index (χ1n) is 8.64. The summed E-state index contributed by atoms with van der Waals surface area (Å²) in [5, 5.41) is 0. The summed E-state index contributed by atoms with van der Waals surface area (Å²) in [5.41, 5.74) is 0.180. The number of piperazine rings is 1. The van der Waals surface area contributed by atoms with Gasteiger partial charge >= 0.3 is 6.18 Å². The fourth-order valence-electron chi connectivity index (χ4n) is 4.04. The lowest BCUT2D eigenvalue weighted by atomic mass is 9.86. The molecule has 2 atom stereocenters. The molecule has 3 aliphatic heterocycles. The summed E-state index contributed by atoms with van der Waals surface area (Å²) in [7, 11) is 0. The summed E-state index contributed by atoms with van der Waals surface area (Å²) in [6.45, 7) is 2.19. The van der Waals surface area contributed by atoms with Crippen molar-refractivity contribution in [1.82, 2.24) is 14.8 Å². The molecule has 0 amide bonds. The number of halogens is 4. The summed E-state index contributed by atoms with van der Waals surface area (Å²) in [6.07, 6.45) is -1.78. The van der Waals surface area contributed by atoms with Gasteiger partial charge in [0, 0.05) is 44.5 Å². The number of rotatable bonds is 4. The Kier molecular flexibility index (Phi) is 4.44. The molecule has 0 aliphatic carbocycles. The molecule has 26 heavy (non-hydrogen) atoms. The zero-order valence-corrected chi connectivity index (χ0v) is 14.1. The van der Waals surface area contributed by atoms with Gasteiger partial charge in [0.2, 0.25) is 0 Å². The lowest BCUT2D eigenvalue weighted by Gasteiger charge is -2.56. The molecule has 3 saturated heterocycles. The molecule has 7 heteroatoms. The van der Waals surface area contributed by atoms with Gasteiger partial charge in [-0.2, -0.15) is 13.2 Å². The van der Waals surface area contributed by atoms with Gasteiger partial charge in [-0.1, -0.05) is 18.2 Å². The fourth-order valence-corrected chi connectivity index (χ4v) is 4.04. The Hall–Kier alpha value is -1.99. The molecular weight excluding hydrogens is 346 g/mol. The second kappa shape index (κ2) is 6.63. The van der Waals surface area contributed by atoms with Crippen LogP contribution in [0.3, 0.4) is 0 Å². The minimum absolute atomic E-state index is 0.210. The van der Waals surface area contributed by atoms with Crippen molar-refractivity contribution in [2.45, 2.75) is 37.8 Å². The third kappa shape index (κ3) is 3.33. The van der Waals surface area contributed by atoms with E-state index < -0.39 is 11.7 Å². The maximum Gasteiger partial charge on any atom is 0.416 e. The van der Waals surface area contributed by atoms with Crippen LogP contribution < -0.4 is 0 Å². The van der Waals surface area contributed by atoms with Gasteiger partial charge in [-0.3, -0.25) is 14.8 Å². The van der Waals surface area contributed by atoms with Gasteiger partial charge in [0.05, 0.1) is 11.3 Å². The van der Waals surface area contributed by atoms with E-state index in [1.165, 1.54) is 12.1 Å². The van der Waals surface area contributed by atoms with Crippen LogP contribution in [0.1, 0.15) is 23.2 Å². The third-order valence-electron chi connectivity index (χ3n) is 5.30. The van der Waals surface area contributed by atoms with Crippen molar-refractivity contribution in [2.75, 3.05) is 13.1 Å². The molecule has 2 bridgehead atoms. The van der Waals surface area contributed by atoms with Crippen LogP contribution in [0.4, 0.5) is 17.6 Å².